The van der Waals surface area contributed by atoms with Gasteiger partial charge < -0.3 is 16.0 Å². The Morgan fingerprint density at radius 2 is 1.65 bits per heavy atom. The predicted molar refractivity (Wildman–Crippen MR) is 98.3 cm³/mol. The maximum atomic E-state index is 12.5. The van der Waals surface area contributed by atoms with E-state index in [1.165, 1.54) is 5.56 Å². The van der Waals surface area contributed by atoms with E-state index in [2.05, 4.69) is 26.1 Å². The average molecular weight is 311 g/mol. The van der Waals surface area contributed by atoms with Crippen LogP contribution in [0.25, 0.3) is 0 Å². The SMILES string of the molecule is CN(C)c1ccc(N)cc1NC(=O)c1ccc(C(C)(C)C)cc1. The number of nitrogens with one attached hydrogen (secondary N) is 1. The summed E-state index contributed by atoms with van der Waals surface area (Å²) in [6, 6.07) is 13.2. The smallest absolute Gasteiger partial charge is 0.255 e. The second-order valence-corrected chi connectivity index (χ2v) is 6.95. The number of amides is 1. The van der Waals surface area contributed by atoms with Gasteiger partial charge >= 0.3 is 0 Å². The molecular weight excluding hydrogens is 286 g/mol. The van der Waals surface area contributed by atoms with Crippen molar-refractivity contribution in [3.63, 3.8) is 0 Å². The number of nitrogens with two attached hydrogens (primary N) is 1. The molecule has 4 heteroatoms. The van der Waals surface area contributed by atoms with Crippen LogP contribution in [0.4, 0.5) is 17.1 Å². The molecule has 0 aliphatic carbocycles. The Morgan fingerprint density at radius 3 is 2.17 bits per heavy atom. The zero-order valence-electron chi connectivity index (χ0n) is 14.5. The molecule has 2 aromatic rings. The van der Waals surface area contributed by atoms with Crippen LogP contribution in [0, 0.1) is 0 Å². The minimum Gasteiger partial charge on any atom is -0.399 e. The van der Waals surface area contributed by atoms with Gasteiger partial charge in [-0.15, -0.1) is 0 Å². The molecule has 122 valence electrons. The van der Waals surface area contributed by atoms with Gasteiger partial charge in [0.2, 0.25) is 0 Å². The van der Waals surface area contributed by atoms with Gasteiger partial charge in [-0.05, 0) is 41.3 Å². The molecule has 4 nitrogen and oxygen atoms in total. The maximum absolute atomic E-state index is 12.5. The minimum atomic E-state index is -0.140. The molecule has 0 aliphatic heterocycles. The van der Waals surface area contributed by atoms with Crippen LogP contribution >= 0.6 is 0 Å². The van der Waals surface area contributed by atoms with Gasteiger partial charge in [-0.25, -0.2) is 0 Å². The van der Waals surface area contributed by atoms with Gasteiger partial charge in [0, 0.05) is 25.3 Å². The monoisotopic (exact) mass is 311 g/mol. The highest BCUT2D eigenvalue weighted by Gasteiger charge is 2.15. The summed E-state index contributed by atoms with van der Waals surface area (Å²) in [5, 5.41) is 2.95. The number of rotatable bonds is 3. The number of carbonyl (C=O) groups excluding carboxylic acids is 1. The fraction of sp³-hybridized carbons (Fsp3) is 0.316. The minimum absolute atomic E-state index is 0.0704. The molecule has 0 saturated carbocycles. The molecule has 0 saturated heterocycles. The van der Waals surface area contributed by atoms with Crippen LogP contribution < -0.4 is 16.0 Å². The summed E-state index contributed by atoms with van der Waals surface area (Å²) in [4.78, 5) is 14.4. The predicted octanol–water partition coefficient (Wildman–Crippen LogP) is 3.88. The topological polar surface area (TPSA) is 58.4 Å². The van der Waals surface area contributed by atoms with E-state index in [0.29, 0.717) is 16.9 Å². The van der Waals surface area contributed by atoms with Crippen molar-refractivity contribution in [2.45, 2.75) is 26.2 Å². The van der Waals surface area contributed by atoms with E-state index in [1.54, 1.807) is 6.07 Å². The Kier molecular flexibility index (Phi) is 4.64. The number of nitrogen functional groups attached to an aromatic ring is 1. The fourth-order valence-corrected chi connectivity index (χ4v) is 2.36. The number of nitrogens with zero attached hydrogens (tertiary/aromatic N) is 1. The lowest BCUT2D eigenvalue weighted by Gasteiger charge is -2.20. The molecule has 3 N–H and O–H groups in total. The maximum Gasteiger partial charge on any atom is 0.255 e. The number of hydrogen-bond donors (Lipinski definition) is 2. The zero-order valence-corrected chi connectivity index (χ0v) is 14.5. The summed E-state index contributed by atoms with van der Waals surface area (Å²) < 4.78 is 0. The van der Waals surface area contributed by atoms with Crippen LogP contribution in [0.2, 0.25) is 0 Å². The normalized spacial score (nSPS) is 11.2. The zero-order chi connectivity index (χ0) is 17.2. The van der Waals surface area contributed by atoms with Crippen molar-refractivity contribution in [1.29, 1.82) is 0 Å². The third kappa shape index (κ3) is 4.03. The van der Waals surface area contributed by atoms with Gasteiger partial charge in [0.25, 0.3) is 5.91 Å². The molecule has 1 amide bonds. The van der Waals surface area contributed by atoms with Crippen molar-refractivity contribution < 1.29 is 4.79 Å². The Bertz CT molecular complexity index is 698. The third-order valence-electron chi connectivity index (χ3n) is 3.76. The van der Waals surface area contributed by atoms with Crippen molar-refractivity contribution >= 4 is 23.0 Å². The van der Waals surface area contributed by atoms with Crippen LogP contribution in [0.1, 0.15) is 36.7 Å². The first-order valence-corrected chi connectivity index (χ1v) is 7.67. The van der Waals surface area contributed by atoms with Crippen LogP contribution in [0.5, 0.6) is 0 Å². The molecule has 0 spiro atoms. The van der Waals surface area contributed by atoms with Gasteiger partial charge in [0.1, 0.15) is 0 Å². The van der Waals surface area contributed by atoms with E-state index in [0.717, 1.165) is 5.69 Å². The van der Waals surface area contributed by atoms with Gasteiger partial charge in [0.15, 0.2) is 0 Å². The third-order valence-corrected chi connectivity index (χ3v) is 3.76. The lowest BCUT2D eigenvalue weighted by molar-refractivity contribution is 0.102. The molecule has 0 unspecified atom stereocenters. The standard InChI is InChI=1S/C19H25N3O/c1-19(2,3)14-8-6-13(7-9-14)18(23)21-16-12-15(20)10-11-17(16)22(4)5/h6-12H,20H2,1-5H3,(H,21,23). The highest BCUT2D eigenvalue weighted by molar-refractivity contribution is 6.06. The first-order valence-electron chi connectivity index (χ1n) is 7.67. The summed E-state index contributed by atoms with van der Waals surface area (Å²) in [5.41, 5.74) is 9.98. The quantitative estimate of drug-likeness (QED) is 0.846. The van der Waals surface area contributed by atoms with Gasteiger partial charge in [-0.2, -0.15) is 0 Å². The van der Waals surface area contributed by atoms with Crippen molar-refractivity contribution in [2.75, 3.05) is 30.0 Å². The van der Waals surface area contributed by atoms with Crippen molar-refractivity contribution in [1.82, 2.24) is 0 Å². The van der Waals surface area contributed by atoms with Crippen molar-refractivity contribution in [3.05, 3.63) is 53.6 Å². The van der Waals surface area contributed by atoms with E-state index >= 15 is 0 Å². The van der Waals surface area contributed by atoms with Gasteiger partial charge in [0.05, 0.1) is 11.4 Å². The molecule has 2 rings (SSSR count). The van der Waals surface area contributed by atoms with E-state index in [9.17, 15) is 4.79 Å². The molecule has 23 heavy (non-hydrogen) atoms. The van der Waals surface area contributed by atoms with Crippen LogP contribution in [-0.4, -0.2) is 20.0 Å². The van der Waals surface area contributed by atoms with E-state index in [-0.39, 0.29) is 11.3 Å². The Morgan fingerprint density at radius 1 is 1.04 bits per heavy atom. The Balaban J connectivity index is 2.24. The number of anilines is 3. The fourth-order valence-electron chi connectivity index (χ4n) is 2.36. The summed E-state index contributed by atoms with van der Waals surface area (Å²) in [7, 11) is 3.86. The molecule has 0 aliphatic rings. The molecule has 0 aromatic heterocycles. The first kappa shape index (κ1) is 16.9. The summed E-state index contributed by atoms with van der Waals surface area (Å²) >= 11 is 0. The van der Waals surface area contributed by atoms with E-state index in [4.69, 9.17) is 5.73 Å². The van der Waals surface area contributed by atoms with E-state index in [1.807, 2.05) is 55.4 Å². The Hall–Kier alpha value is -2.49. The van der Waals surface area contributed by atoms with Gasteiger partial charge in [-0.3, -0.25) is 4.79 Å². The molecule has 0 heterocycles. The molecule has 0 bridgehead atoms. The Labute approximate surface area is 138 Å². The van der Waals surface area contributed by atoms with Crippen LogP contribution in [0.15, 0.2) is 42.5 Å². The first-order chi connectivity index (χ1) is 10.7. The largest absolute Gasteiger partial charge is 0.399 e. The highest BCUT2D eigenvalue weighted by atomic mass is 16.1. The molecule has 0 radical (unpaired) electrons. The summed E-state index contributed by atoms with van der Waals surface area (Å²) in [6.45, 7) is 6.45. The van der Waals surface area contributed by atoms with Crippen LogP contribution in [0.3, 0.4) is 0 Å². The van der Waals surface area contributed by atoms with Crippen molar-refractivity contribution in [2.24, 2.45) is 0 Å². The summed E-state index contributed by atoms with van der Waals surface area (Å²) in [6.07, 6.45) is 0. The molecule has 0 atom stereocenters. The molecule has 0 fully saturated rings. The van der Waals surface area contributed by atoms with Crippen molar-refractivity contribution in [3.8, 4) is 0 Å². The second-order valence-electron chi connectivity index (χ2n) is 6.95. The molecular formula is C19H25N3O. The van der Waals surface area contributed by atoms with Crippen LogP contribution in [-0.2, 0) is 5.41 Å². The number of hydrogen-bond acceptors (Lipinski definition) is 3. The highest BCUT2D eigenvalue weighted by Crippen LogP contribution is 2.27. The lowest BCUT2D eigenvalue weighted by atomic mass is 9.87. The van der Waals surface area contributed by atoms with Gasteiger partial charge in [-0.1, -0.05) is 32.9 Å². The van der Waals surface area contributed by atoms with E-state index < -0.39 is 0 Å². The molecule has 2 aromatic carbocycles. The summed E-state index contributed by atoms with van der Waals surface area (Å²) in [5.74, 6) is -0.140. The average Bonchev–Trinajstić information content (AvgIpc) is 2.46. The number of benzene rings is 2. The second kappa shape index (κ2) is 6.32. The number of carbonyl (C=O) groups is 1. The lowest BCUT2D eigenvalue weighted by Crippen LogP contribution is -2.17.